The van der Waals surface area contributed by atoms with Crippen LogP contribution < -0.4 is 0 Å². The summed E-state index contributed by atoms with van der Waals surface area (Å²) in [5.74, 6) is 0. The van der Waals surface area contributed by atoms with Crippen LogP contribution in [0.15, 0.2) is 0 Å². The van der Waals surface area contributed by atoms with Crippen LogP contribution in [0.2, 0.25) is 0 Å². The summed E-state index contributed by atoms with van der Waals surface area (Å²) in [4.78, 5) is 5.23. The third-order valence-corrected chi connectivity index (χ3v) is 3.69. The molecule has 0 spiro atoms. The van der Waals surface area contributed by atoms with E-state index in [1.165, 1.54) is 13.1 Å². The van der Waals surface area contributed by atoms with Crippen molar-refractivity contribution in [1.29, 1.82) is 0 Å². The predicted octanol–water partition coefficient (Wildman–Crippen LogP) is 3.22. The lowest BCUT2D eigenvalue weighted by molar-refractivity contribution is 0.00129. The Bertz CT molecular complexity index is 158. The van der Waals surface area contributed by atoms with E-state index in [2.05, 4.69) is 51.3 Å². The van der Waals surface area contributed by atoms with Gasteiger partial charge in [0.15, 0.2) is 0 Å². The molecule has 0 aliphatic carbocycles. The maximum absolute atomic E-state index is 2.61. The Morgan fingerprint density at radius 1 is 0.750 bits per heavy atom. The quantitative estimate of drug-likeness (QED) is 0.716. The van der Waals surface area contributed by atoms with E-state index >= 15 is 0 Å². The van der Waals surface area contributed by atoms with Crippen molar-refractivity contribution in [1.82, 2.24) is 9.80 Å². The lowest BCUT2D eigenvalue weighted by Gasteiger charge is -2.48. The molecule has 1 fully saturated rings. The summed E-state index contributed by atoms with van der Waals surface area (Å²) >= 11 is 0. The summed E-state index contributed by atoms with van der Waals surface area (Å²) in [6.07, 6.45) is 0. The molecule has 98 valence electrons. The van der Waals surface area contributed by atoms with E-state index < -0.39 is 0 Å². The summed E-state index contributed by atoms with van der Waals surface area (Å²) < 4.78 is 0. The van der Waals surface area contributed by atoms with Crippen molar-refractivity contribution in [2.24, 2.45) is 0 Å². The highest BCUT2D eigenvalue weighted by molar-refractivity contribution is 4.88. The lowest BCUT2D eigenvalue weighted by Crippen LogP contribution is -2.60. The van der Waals surface area contributed by atoms with Gasteiger partial charge in [-0.15, -0.1) is 0 Å². The van der Waals surface area contributed by atoms with Gasteiger partial charge in [-0.2, -0.15) is 0 Å². The zero-order valence-electron chi connectivity index (χ0n) is 12.6. The van der Waals surface area contributed by atoms with Gasteiger partial charge in [0, 0.05) is 37.3 Å². The van der Waals surface area contributed by atoms with Crippen LogP contribution in [0.1, 0.15) is 55.4 Å². The molecule has 1 heterocycles. The fourth-order valence-electron chi connectivity index (χ4n) is 2.65. The normalized spacial score (nSPS) is 28.1. The maximum atomic E-state index is 2.61. The highest BCUT2D eigenvalue weighted by atomic mass is 15.3. The molecular formula is C14H32N2. The van der Waals surface area contributed by atoms with Crippen molar-refractivity contribution in [3.8, 4) is 0 Å². The third kappa shape index (κ3) is 3.74. The second kappa shape index (κ2) is 7.29. The van der Waals surface area contributed by atoms with Crippen molar-refractivity contribution in [3.63, 3.8) is 0 Å². The van der Waals surface area contributed by atoms with Crippen molar-refractivity contribution >= 4 is 0 Å². The molecule has 0 aromatic rings. The Balaban J connectivity index is 0.00000106. The van der Waals surface area contributed by atoms with E-state index in [0.29, 0.717) is 24.2 Å². The Kier molecular flexibility index (Phi) is 7.25. The van der Waals surface area contributed by atoms with Crippen LogP contribution in [-0.2, 0) is 0 Å². The predicted molar refractivity (Wildman–Crippen MR) is 74.0 cm³/mol. The van der Waals surface area contributed by atoms with Gasteiger partial charge in [-0.25, -0.2) is 0 Å². The Labute approximate surface area is 103 Å². The highest BCUT2D eigenvalue weighted by Gasteiger charge is 2.32. The van der Waals surface area contributed by atoms with Crippen LogP contribution in [0.5, 0.6) is 0 Å². The summed E-state index contributed by atoms with van der Waals surface area (Å²) in [5.41, 5.74) is 0. The van der Waals surface area contributed by atoms with Crippen molar-refractivity contribution in [2.75, 3.05) is 13.1 Å². The van der Waals surface area contributed by atoms with Crippen LogP contribution in [0.25, 0.3) is 0 Å². The van der Waals surface area contributed by atoms with Gasteiger partial charge in [-0.1, -0.05) is 13.8 Å². The highest BCUT2D eigenvalue weighted by Crippen LogP contribution is 2.20. The standard InChI is InChI=1S/C12H26N2.C2H6/c1-9(2)13-7-8-14(10(3)4)12(6)11(13)5;1-2/h9-12H,7-8H2,1-6H3;1-2H3. The topological polar surface area (TPSA) is 6.48 Å². The van der Waals surface area contributed by atoms with Crippen LogP contribution in [0, 0.1) is 0 Å². The third-order valence-electron chi connectivity index (χ3n) is 3.69. The average Bonchev–Trinajstić information content (AvgIpc) is 2.23. The van der Waals surface area contributed by atoms with E-state index in [0.717, 1.165) is 0 Å². The van der Waals surface area contributed by atoms with E-state index in [4.69, 9.17) is 0 Å². The number of hydrogen-bond acceptors (Lipinski definition) is 2. The van der Waals surface area contributed by atoms with Gasteiger partial charge in [0.1, 0.15) is 0 Å². The largest absolute Gasteiger partial charge is 0.295 e. The molecule has 2 atom stereocenters. The molecule has 1 aliphatic rings. The van der Waals surface area contributed by atoms with Gasteiger partial charge >= 0.3 is 0 Å². The first-order valence-corrected chi connectivity index (χ1v) is 6.96. The van der Waals surface area contributed by atoms with Gasteiger partial charge in [0.25, 0.3) is 0 Å². The molecule has 0 aromatic carbocycles. The van der Waals surface area contributed by atoms with Crippen molar-refractivity contribution in [3.05, 3.63) is 0 Å². The minimum Gasteiger partial charge on any atom is -0.295 e. The molecule has 0 bridgehead atoms. The van der Waals surface area contributed by atoms with Crippen LogP contribution in [0.4, 0.5) is 0 Å². The first-order valence-electron chi connectivity index (χ1n) is 6.96. The van der Waals surface area contributed by atoms with Gasteiger partial charge in [-0.05, 0) is 41.5 Å². The Morgan fingerprint density at radius 2 is 1.00 bits per heavy atom. The molecule has 1 aliphatic heterocycles. The molecule has 16 heavy (non-hydrogen) atoms. The van der Waals surface area contributed by atoms with Crippen LogP contribution in [0.3, 0.4) is 0 Å². The zero-order chi connectivity index (χ0) is 12.9. The fraction of sp³-hybridized carbons (Fsp3) is 1.00. The molecule has 0 amide bonds. The minimum absolute atomic E-state index is 0.682. The van der Waals surface area contributed by atoms with E-state index in [1.807, 2.05) is 13.8 Å². The molecule has 1 rings (SSSR count). The van der Waals surface area contributed by atoms with E-state index in [9.17, 15) is 0 Å². The van der Waals surface area contributed by atoms with Crippen molar-refractivity contribution in [2.45, 2.75) is 79.6 Å². The van der Waals surface area contributed by atoms with E-state index in [-0.39, 0.29) is 0 Å². The summed E-state index contributed by atoms with van der Waals surface area (Å²) in [6, 6.07) is 2.74. The Hall–Kier alpha value is -0.0800. The molecule has 2 nitrogen and oxygen atoms in total. The number of rotatable bonds is 2. The number of piperazine rings is 1. The molecule has 2 unspecified atom stereocenters. The van der Waals surface area contributed by atoms with Gasteiger partial charge in [-0.3, -0.25) is 9.80 Å². The van der Waals surface area contributed by atoms with Gasteiger partial charge in [0.2, 0.25) is 0 Å². The number of nitrogens with zero attached hydrogens (tertiary/aromatic N) is 2. The number of hydrogen-bond donors (Lipinski definition) is 0. The fourth-order valence-corrected chi connectivity index (χ4v) is 2.65. The molecule has 1 saturated heterocycles. The summed E-state index contributed by atoms with van der Waals surface area (Å²) in [6.45, 7) is 20.4. The minimum atomic E-state index is 0.682. The second-order valence-electron chi connectivity index (χ2n) is 5.14. The molecule has 0 saturated carbocycles. The molecule has 2 heteroatoms. The van der Waals surface area contributed by atoms with Gasteiger partial charge in [0.05, 0.1) is 0 Å². The average molecular weight is 228 g/mol. The SMILES string of the molecule is CC.CC(C)N1CCN(C(C)C)C(C)C1C. The van der Waals surface area contributed by atoms with E-state index in [1.54, 1.807) is 0 Å². The van der Waals surface area contributed by atoms with Crippen LogP contribution in [-0.4, -0.2) is 47.1 Å². The van der Waals surface area contributed by atoms with Crippen LogP contribution >= 0.6 is 0 Å². The maximum Gasteiger partial charge on any atom is 0.0223 e. The summed E-state index contributed by atoms with van der Waals surface area (Å²) in [7, 11) is 0. The second-order valence-corrected chi connectivity index (χ2v) is 5.14. The molecule has 0 radical (unpaired) electrons. The summed E-state index contributed by atoms with van der Waals surface area (Å²) in [5, 5.41) is 0. The Morgan fingerprint density at radius 3 is 1.19 bits per heavy atom. The van der Waals surface area contributed by atoms with Gasteiger partial charge < -0.3 is 0 Å². The first-order chi connectivity index (χ1) is 7.45. The molecular weight excluding hydrogens is 196 g/mol. The molecule has 0 N–H and O–H groups in total. The van der Waals surface area contributed by atoms with Crippen molar-refractivity contribution < 1.29 is 0 Å². The zero-order valence-corrected chi connectivity index (χ0v) is 12.6. The lowest BCUT2D eigenvalue weighted by atomic mass is 10.0. The molecule has 0 aromatic heterocycles. The first kappa shape index (κ1) is 15.9. The smallest absolute Gasteiger partial charge is 0.0223 e. The monoisotopic (exact) mass is 228 g/mol.